The molecule has 0 aliphatic carbocycles. The molecule has 9 heteroatoms. The van der Waals surface area contributed by atoms with Crippen molar-refractivity contribution in [2.75, 3.05) is 18.0 Å². The molecule has 0 aliphatic rings. The molecular weight excluding hydrogens is 504 g/mol. The third kappa shape index (κ3) is 7.61. The Morgan fingerprint density at radius 2 is 1.79 bits per heavy atom. The van der Waals surface area contributed by atoms with Gasteiger partial charge < -0.3 is 13.9 Å². The molecule has 204 valence electrons. The van der Waals surface area contributed by atoms with Crippen LogP contribution < -0.4 is 15.1 Å². The van der Waals surface area contributed by atoms with Crippen LogP contribution in [-0.4, -0.2) is 31.8 Å². The summed E-state index contributed by atoms with van der Waals surface area (Å²) in [6, 6.07) is 10.3. The molecule has 3 aromatic rings. The number of Topliss-reactive ketones (excluding diaryl/α,β-unsaturated/α-hetero) is 1. The smallest absolute Gasteiger partial charge is 0.343 e. The number of anilines is 1. The fraction of sp³-hybridized carbons (Fsp3) is 0.414. The number of ketones is 1. The lowest BCUT2D eigenvalue weighted by molar-refractivity contribution is -0.700. The molecule has 3 rings (SSSR count). The molecule has 8 nitrogen and oxygen atoms in total. The Morgan fingerprint density at radius 3 is 2.45 bits per heavy atom. The van der Waals surface area contributed by atoms with Crippen LogP contribution in [0.25, 0.3) is 23.1 Å². The second-order valence-electron chi connectivity index (χ2n) is 9.59. The first-order valence-electron chi connectivity index (χ1n) is 13.1. The van der Waals surface area contributed by atoms with E-state index in [0.29, 0.717) is 36.2 Å². The van der Waals surface area contributed by atoms with Gasteiger partial charge in [0.05, 0.1) is 5.56 Å². The largest absolute Gasteiger partial charge is 0.744 e. The fourth-order valence-electron chi connectivity index (χ4n) is 4.27. The lowest BCUT2D eigenvalue weighted by Gasteiger charge is -2.20. The minimum Gasteiger partial charge on any atom is -0.744 e. The van der Waals surface area contributed by atoms with E-state index in [4.69, 9.17) is 4.42 Å². The average Bonchev–Trinajstić information content (AvgIpc) is 2.87. The van der Waals surface area contributed by atoms with E-state index in [0.717, 1.165) is 37.0 Å². The Hall–Kier alpha value is -3.30. The average molecular weight is 541 g/mol. The van der Waals surface area contributed by atoms with E-state index in [-0.39, 0.29) is 16.6 Å². The second-order valence-corrected chi connectivity index (χ2v) is 11.0. The number of aromatic nitrogens is 1. The van der Waals surface area contributed by atoms with Gasteiger partial charge in [0.15, 0.2) is 6.20 Å². The number of aryl methyl sites for hydroxylation is 1. The highest BCUT2D eigenvalue weighted by molar-refractivity contribution is 7.85. The molecule has 0 radical (unpaired) electrons. The van der Waals surface area contributed by atoms with Gasteiger partial charge in [-0.15, -0.1) is 0 Å². The molecule has 0 spiro atoms. The van der Waals surface area contributed by atoms with Crippen molar-refractivity contribution in [3.8, 4) is 0 Å². The summed E-state index contributed by atoms with van der Waals surface area (Å²) in [5, 5.41) is 0.789. The highest BCUT2D eigenvalue weighted by Crippen LogP contribution is 2.22. The predicted octanol–water partition coefficient (Wildman–Crippen LogP) is 4.79. The molecule has 0 saturated carbocycles. The van der Waals surface area contributed by atoms with Crippen molar-refractivity contribution in [2.45, 2.75) is 64.8 Å². The van der Waals surface area contributed by atoms with Gasteiger partial charge in [-0.2, -0.15) is 4.57 Å². The maximum atomic E-state index is 12.7. The number of carbonyl (C=O) groups is 1. The van der Waals surface area contributed by atoms with Gasteiger partial charge in [-0.25, -0.2) is 13.2 Å². The molecule has 2 aromatic heterocycles. The SMILES string of the molecule is CCN(CC)c1ccc2cc(/C=C/c3ccc(S(=O)(=O)[O-])c[n+]3CCCCCC(=O)C(C)C)c(=O)oc2c1. The van der Waals surface area contributed by atoms with Gasteiger partial charge in [-0.05, 0) is 57.0 Å². The number of unbranched alkanes of at least 4 members (excludes halogenated alkanes) is 2. The van der Waals surface area contributed by atoms with Crippen molar-refractivity contribution in [1.29, 1.82) is 0 Å². The topological polar surface area (TPSA) is 112 Å². The zero-order chi connectivity index (χ0) is 27.9. The Morgan fingerprint density at radius 1 is 1.05 bits per heavy atom. The van der Waals surface area contributed by atoms with Crippen molar-refractivity contribution in [1.82, 2.24) is 0 Å². The number of rotatable bonds is 13. The highest BCUT2D eigenvalue weighted by atomic mass is 32.2. The predicted molar refractivity (Wildman–Crippen MR) is 148 cm³/mol. The first kappa shape index (κ1) is 29.3. The lowest BCUT2D eigenvalue weighted by atomic mass is 10.0. The zero-order valence-electron chi connectivity index (χ0n) is 22.5. The van der Waals surface area contributed by atoms with E-state index in [1.165, 1.54) is 12.3 Å². The molecular formula is C29H36N2O6S. The number of hydrogen-bond donors (Lipinski definition) is 0. The maximum Gasteiger partial charge on any atom is 0.343 e. The summed E-state index contributed by atoms with van der Waals surface area (Å²) in [5.41, 5.74) is 1.99. The molecule has 0 bridgehead atoms. The molecule has 0 atom stereocenters. The van der Waals surface area contributed by atoms with Crippen LogP contribution >= 0.6 is 0 Å². The molecule has 0 saturated heterocycles. The Labute approximate surface area is 224 Å². The molecule has 0 fully saturated rings. The van der Waals surface area contributed by atoms with E-state index in [2.05, 4.69) is 18.7 Å². The van der Waals surface area contributed by atoms with E-state index >= 15 is 0 Å². The number of benzene rings is 1. The van der Waals surface area contributed by atoms with Crippen LogP contribution in [0.4, 0.5) is 5.69 Å². The van der Waals surface area contributed by atoms with Gasteiger partial charge in [0.25, 0.3) is 0 Å². The highest BCUT2D eigenvalue weighted by Gasteiger charge is 2.14. The van der Waals surface area contributed by atoms with Crippen LogP contribution in [0, 0.1) is 5.92 Å². The van der Waals surface area contributed by atoms with E-state index < -0.39 is 15.7 Å². The van der Waals surface area contributed by atoms with Crippen molar-refractivity contribution >= 4 is 44.7 Å². The number of hydrogen-bond acceptors (Lipinski definition) is 7. The summed E-state index contributed by atoms with van der Waals surface area (Å²) in [6.45, 7) is 10.0. The first-order valence-corrected chi connectivity index (χ1v) is 14.5. The fourth-order valence-corrected chi connectivity index (χ4v) is 4.76. The van der Waals surface area contributed by atoms with E-state index in [1.54, 1.807) is 28.9 Å². The minimum absolute atomic E-state index is 0.0113. The van der Waals surface area contributed by atoms with Gasteiger partial charge >= 0.3 is 5.63 Å². The molecule has 38 heavy (non-hydrogen) atoms. The van der Waals surface area contributed by atoms with Crippen LogP contribution in [0.3, 0.4) is 0 Å². The van der Waals surface area contributed by atoms with Crippen LogP contribution in [0.5, 0.6) is 0 Å². The number of carbonyl (C=O) groups excluding carboxylic acids is 1. The van der Waals surface area contributed by atoms with Gasteiger partial charge in [-0.3, -0.25) is 4.79 Å². The second kappa shape index (κ2) is 13.0. The number of fused-ring (bicyclic) bond motifs is 1. The Balaban J connectivity index is 1.84. The van der Waals surface area contributed by atoms with Crippen molar-refractivity contribution in [2.24, 2.45) is 5.92 Å². The van der Waals surface area contributed by atoms with Crippen molar-refractivity contribution in [3.63, 3.8) is 0 Å². The van der Waals surface area contributed by atoms with Crippen LogP contribution in [0.1, 0.15) is 64.6 Å². The molecule has 0 unspecified atom stereocenters. The quantitative estimate of drug-likeness (QED) is 0.133. The minimum atomic E-state index is -4.62. The van der Waals surface area contributed by atoms with Gasteiger partial charge in [0.2, 0.25) is 5.69 Å². The van der Waals surface area contributed by atoms with Crippen LogP contribution in [0.15, 0.2) is 56.7 Å². The molecule has 2 heterocycles. The van der Waals surface area contributed by atoms with E-state index in [1.807, 2.05) is 32.0 Å². The van der Waals surface area contributed by atoms with E-state index in [9.17, 15) is 22.6 Å². The summed E-state index contributed by atoms with van der Waals surface area (Å²) < 4.78 is 42.0. The first-order chi connectivity index (χ1) is 18.0. The summed E-state index contributed by atoms with van der Waals surface area (Å²) >= 11 is 0. The molecule has 0 aliphatic heterocycles. The van der Waals surface area contributed by atoms with Crippen molar-refractivity contribution in [3.05, 3.63) is 64.3 Å². The molecule has 0 amide bonds. The molecule has 1 aromatic carbocycles. The monoisotopic (exact) mass is 540 g/mol. The summed E-state index contributed by atoms with van der Waals surface area (Å²) in [4.78, 5) is 26.4. The third-order valence-corrected chi connectivity index (χ3v) is 7.42. The van der Waals surface area contributed by atoms with Gasteiger partial charge in [0, 0.05) is 61.1 Å². The Kier molecular flexibility index (Phi) is 9.99. The van der Waals surface area contributed by atoms with Gasteiger partial charge in [0.1, 0.15) is 32.9 Å². The maximum absolute atomic E-state index is 12.7. The standard InChI is InChI=1S/C29H36N2O6S/c1-5-30(6-2)25-14-11-22-18-23(29(33)37-28(22)19-25)12-13-24-15-16-26(38(34,35)36)20-31(24)17-9-7-8-10-27(32)21(3)4/h11-16,18-21H,5-10,17H2,1-4H3. The zero-order valence-corrected chi connectivity index (χ0v) is 23.3. The normalized spacial score (nSPS) is 12.1. The summed E-state index contributed by atoms with van der Waals surface area (Å²) in [5.74, 6) is 0.233. The van der Waals surface area contributed by atoms with Gasteiger partial charge in [-0.1, -0.05) is 13.8 Å². The Bertz CT molecular complexity index is 1470. The summed E-state index contributed by atoms with van der Waals surface area (Å²) in [6.07, 6.45) is 7.39. The molecule has 0 N–H and O–H groups in total. The number of nitrogens with zero attached hydrogens (tertiary/aromatic N) is 2. The lowest BCUT2D eigenvalue weighted by Crippen LogP contribution is -2.37. The number of pyridine rings is 1. The third-order valence-electron chi connectivity index (χ3n) is 6.60. The van der Waals surface area contributed by atoms with Crippen molar-refractivity contribution < 1.29 is 26.7 Å². The summed E-state index contributed by atoms with van der Waals surface area (Å²) in [7, 11) is -4.62. The van der Waals surface area contributed by atoms with Crippen LogP contribution in [0.2, 0.25) is 0 Å². The van der Waals surface area contributed by atoms with Crippen LogP contribution in [-0.2, 0) is 21.5 Å².